The van der Waals surface area contributed by atoms with Crippen molar-refractivity contribution >= 4 is 5.96 Å². The first-order valence-corrected chi connectivity index (χ1v) is 10.2. The summed E-state index contributed by atoms with van der Waals surface area (Å²) in [5, 5.41) is 6.66. The standard InChI is InChI=1S/C19H40N4O2/c1-4-7-12-24-14-15-25-13-9-21-19(20-6-3)22-16-18-8-11-23(17-18)10-5-2/h18H,4-17H2,1-3H3,(H2,20,21,22). The average Bonchev–Trinajstić information content (AvgIpc) is 3.06. The fourth-order valence-corrected chi connectivity index (χ4v) is 2.95. The van der Waals surface area contributed by atoms with Crippen molar-refractivity contribution in [2.24, 2.45) is 10.9 Å². The highest BCUT2D eigenvalue weighted by molar-refractivity contribution is 5.79. The highest BCUT2D eigenvalue weighted by Crippen LogP contribution is 2.16. The molecule has 6 heteroatoms. The second-order valence-electron chi connectivity index (χ2n) is 6.68. The van der Waals surface area contributed by atoms with Gasteiger partial charge in [0.2, 0.25) is 0 Å². The number of unbranched alkanes of at least 4 members (excludes halogenated alkanes) is 1. The van der Waals surface area contributed by atoms with Crippen LogP contribution in [0.25, 0.3) is 0 Å². The molecule has 25 heavy (non-hydrogen) atoms. The highest BCUT2D eigenvalue weighted by atomic mass is 16.5. The molecule has 0 spiro atoms. The Morgan fingerprint density at radius 1 is 1.04 bits per heavy atom. The van der Waals surface area contributed by atoms with Gasteiger partial charge in [0.25, 0.3) is 0 Å². The minimum Gasteiger partial charge on any atom is -0.379 e. The smallest absolute Gasteiger partial charge is 0.191 e. The van der Waals surface area contributed by atoms with Crippen LogP contribution in [-0.2, 0) is 9.47 Å². The number of nitrogens with zero attached hydrogens (tertiary/aromatic N) is 2. The SMILES string of the molecule is CCCCOCCOCCNC(=NCC1CCN(CCC)C1)NCC. The summed E-state index contributed by atoms with van der Waals surface area (Å²) in [4.78, 5) is 7.30. The second kappa shape index (κ2) is 15.4. The summed E-state index contributed by atoms with van der Waals surface area (Å²) in [6.07, 6.45) is 4.81. The van der Waals surface area contributed by atoms with Gasteiger partial charge in [0.05, 0.1) is 19.8 Å². The third kappa shape index (κ3) is 11.4. The zero-order valence-electron chi connectivity index (χ0n) is 16.7. The molecule has 0 aromatic carbocycles. The van der Waals surface area contributed by atoms with Gasteiger partial charge in [-0.1, -0.05) is 20.3 Å². The van der Waals surface area contributed by atoms with E-state index in [0.29, 0.717) is 25.7 Å². The average molecular weight is 357 g/mol. The van der Waals surface area contributed by atoms with Gasteiger partial charge in [-0.15, -0.1) is 0 Å². The van der Waals surface area contributed by atoms with Crippen molar-refractivity contribution in [2.45, 2.75) is 46.5 Å². The Kier molecular flexibility index (Phi) is 13.7. The minimum absolute atomic E-state index is 0.661. The predicted octanol–water partition coefficient (Wildman–Crippen LogP) is 2.11. The minimum atomic E-state index is 0.661. The summed E-state index contributed by atoms with van der Waals surface area (Å²) in [7, 11) is 0. The van der Waals surface area contributed by atoms with Crippen molar-refractivity contribution < 1.29 is 9.47 Å². The van der Waals surface area contributed by atoms with E-state index < -0.39 is 0 Å². The first-order chi connectivity index (χ1) is 12.3. The molecule has 1 fully saturated rings. The van der Waals surface area contributed by atoms with Crippen LogP contribution < -0.4 is 10.6 Å². The first-order valence-electron chi connectivity index (χ1n) is 10.2. The molecule has 1 aliphatic heterocycles. The third-order valence-electron chi connectivity index (χ3n) is 4.31. The lowest BCUT2D eigenvalue weighted by molar-refractivity contribution is 0.0487. The largest absolute Gasteiger partial charge is 0.379 e. The lowest BCUT2D eigenvalue weighted by Gasteiger charge is -2.15. The van der Waals surface area contributed by atoms with Gasteiger partial charge in [-0.25, -0.2) is 0 Å². The molecule has 1 unspecified atom stereocenters. The van der Waals surface area contributed by atoms with Crippen LogP contribution in [0.4, 0.5) is 0 Å². The fraction of sp³-hybridized carbons (Fsp3) is 0.947. The molecule has 148 valence electrons. The number of likely N-dealkylation sites (tertiary alicyclic amines) is 1. The summed E-state index contributed by atoms with van der Waals surface area (Å²) < 4.78 is 11.1. The number of guanidine groups is 1. The van der Waals surface area contributed by atoms with Gasteiger partial charge in [-0.05, 0) is 45.2 Å². The lowest BCUT2D eigenvalue weighted by atomic mass is 10.1. The van der Waals surface area contributed by atoms with Crippen LogP contribution in [0, 0.1) is 5.92 Å². The van der Waals surface area contributed by atoms with E-state index in [2.05, 4.69) is 36.3 Å². The zero-order valence-corrected chi connectivity index (χ0v) is 16.7. The predicted molar refractivity (Wildman–Crippen MR) is 105 cm³/mol. The lowest BCUT2D eigenvalue weighted by Crippen LogP contribution is -2.39. The van der Waals surface area contributed by atoms with E-state index in [1.165, 1.54) is 38.9 Å². The molecule has 1 atom stereocenters. The molecular weight excluding hydrogens is 316 g/mol. The molecular formula is C19H40N4O2. The number of nitrogens with one attached hydrogen (secondary N) is 2. The molecule has 0 aromatic rings. The van der Waals surface area contributed by atoms with Crippen LogP contribution in [0.2, 0.25) is 0 Å². The van der Waals surface area contributed by atoms with Crippen molar-refractivity contribution in [3.63, 3.8) is 0 Å². The Morgan fingerprint density at radius 3 is 2.56 bits per heavy atom. The van der Waals surface area contributed by atoms with E-state index in [1.807, 2.05) is 0 Å². The second-order valence-corrected chi connectivity index (χ2v) is 6.68. The number of hydrogen-bond acceptors (Lipinski definition) is 4. The van der Waals surface area contributed by atoms with Gasteiger partial charge in [0, 0.05) is 32.8 Å². The maximum atomic E-state index is 5.58. The molecule has 0 saturated carbocycles. The Morgan fingerprint density at radius 2 is 1.84 bits per heavy atom. The molecule has 6 nitrogen and oxygen atoms in total. The van der Waals surface area contributed by atoms with Crippen molar-refractivity contribution in [1.29, 1.82) is 0 Å². The molecule has 1 rings (SSSR count). The maximum absolute atomic E-state index is 5.58. The normalized spacial score (nSPS) is 18.7. The summed E-state index contributed by atoms with van der Waals surface area (Å²) >= 11 is 0. The molecule has 1 aliphatic rings. The molecule has 0 amide bonds. The van der Waals surface area contributed by atoms with Crippen LogP contribution in [0.15, 0.2) is 4.99 Å². The van der Waals surface area contributed by atoms with Crippen LogP contribution in [0.5, 0.6) is 0 Å². The fourth-order valence-electron chi connectivity index (χ4n) is 2.95. The Labute approximate surface area is 154 Å². The highest BCUT2D eigenvalue weighted by Gasteiger charge is 2.21. The molecule has 0 aliphatic carbocycles. The monoisotopic (exact) mass is 356 g/mol. The van der Waals surface area contributed by atoms with Crippen molar-refractivity contribution in [3.05, 3.63) is 0 Å². The number of ether oxygens (including phenoxy) is 2. The Balaban J connectivity index is 2.10. The quantitative estimate of drug-likeness (QED) is 0.284. The van der Waals surface area contributed by atoms with E-state index in [4.69, 9.17) is 14.5 Å². The zero-order chi connectivity index (χ0) is 18.2. The van der Waals surface area contributed by atoms with Gasteiger partial charge >= 0.3 is 0 Å². The van der Waals surface area contributed by atoms with Gasteiger partial charge in [-0.3, -0.25) is 4.99 Å². The number of aliphatic imine (C=N–C) groups is 1. The molecule has 1 heterocycles. The topological polar surface area (TPSA) is 58.1 Å². The number of hydrogen-bond donors (Lipinski definition) is 2. The third-order valence-corrected chi connectivity index (χ3v) is 4.31. The van der Waals surface area contributed by atoms with E-state index in [9.17, 15) is 0 Å². The van der Waals surface area contributed by atoms with Crippen LogP contribution >= 0.6 is 0 Å². The van der Waals surface area contributed by atoms with E-state index in [0.717, 1.165) is 38.6 Å². The van der Waals surface area contributed by atoms with E-state index in [-0.39, 0.29) is 0 Å². The van der Waals surface area contributed by atoms with Crippen LogP contribution in [0.3, 0.4) is 0 Å². The van der Waals surface area contributed by atoms with Gasteiger partial charge < -0.3 is 25.0 Å². The van der Waals surface area contributed by atoms with Crippen molar-refractivity contribution in [1.82, 2.24) is 15.5 Å². The van der Waals surface area contributed by atoms with Gasteiger partial charge in [-0.2, -0.15) is 0 Å². The Bertz CT molecular complexity index is 339. The molecule has 0 radical (unpaired) electrons. The van der Waals surface area contributed by atoms with E-state index in [1.54, 1.807) is 0 Å². The van der Waals surface area contributed by atoms with Crippen molar-refractivity contribution in [3.8, 4) is 0 Å². The summed E-state index contributed by atoms with van der Waals surface area (Å²) in [5.74, 6) is 1.60. The molecule has 1 saturated heterocycles. The summed E-state index contributed by atoms with van der Waals surface area (Å²) in [6.45, 7) is 15.6. The summed E-state index contributed by atoms with van der Waals surface area (Å²) in [5.41, 5.74) is 0. The number of rotatable bonds is 14. The summed E-state index contributed by atoms with van der Waals surface area (Å²) in [6, 6.07) is 0. The maximum Gasteiger partial charge on any atom is 0.191 e. The van der Waals surface area contributed by atoms with Crippen molar-refractivity contribution in [2.75, 3.05) is 65.7 Å². The van der Waals surface area contributed by atoms with E-state index >= 15 is 0 Å². The van der Waals surface area contributed by atoms with Gasteiger partial charge in [0.15, 0.2) is 5.96 Å². The first kappa shape index (κ1) is 22.2. The molecule has 2 N–H and O–H groups in total. The van der Waals surface area contributed by atoms with Crippen LogP contribution in [0.1, 0.15) is 46.5 Å². The van der Waals surface area contributed by atoms with Gasteiger partial charge in [0.1, 0.15) is 0 Å². The molecule has 0 aromatic heterocycles. The van der Waals surface area contributed by atoms with Crippen LogP contribution in [-0.4, -0.2) is 76.6 Å². The Hall–Kier alpha value is -0.850. The molecule has 0 bridgehead atoms.